The van der Waals surface area contributed by atoms with Crippen LogP contribution in [-0.2, 0) is 16.0 Å². The number of hydrogen-bond acceptors (Lipinski definition) is 7. The molecule has 186 valence electrons. The lowest BCUT2D eigenvalue weighted by Crippen LogP contribution is -2.27. The molecule has 3 aromatic rings. The lowest BCUT2D eigenvalue weighted by atomic mass is 10.1. The number of rotatable bonds is 7. The van der Waals surface area contributed by atoms with E-state index in [4.69, 9.17) is 5.73 Å². The van der Waals surface area contributed by atoms with Gasteiger partial charge in [0.25, 0.3) is 5.91 Å². The van der Waals surface area contributed by atoms with Crippen LogP contribution in [0.2, 0.25) is 0 Å². The minimum atomic E-state index is -0.488. The summed E-state index contributed by atoms with van der Waals surface area (Å²) >= 11 is 0. The summed E-state index contributed by atoms with van der Waals surface area (Å²) in [6.07, 6.45) is 5.09. The van der Waals surface area contributed by atoms with E-state index in [1.54, 1.807) is 41.9 Å². The topological polar surface area (TPSA) is 139 Å². The van der Waals surface area contributed by atoms with Crippen molar-refractivity contribution < 1.29 is 14.4 Å². The van der Waals surface area contributed by atoms with Crippen molar-refractivity contribution in [3.63, 3.8) is 0 Å². The first-order chi connectivity index (χ1) is 17.2. The van der Waals surface area contributed by atoms with Crippen molar-refractivity contribution in [3.05, 3.63) is 60.6 Å². The zero-order valence-corrected chi connectivity index (χ0v) is 20.3. The van der Waals surface area contributed by atoms with Gasteiger partial charge in [0.2, 0.25) is 11.8 Å². The summed E-state index contributed by atoms with van der Waals surface area (Å²) < 4.78 is 1.64. The molecule has 0 saturated carbocycles. The van der Waals surface area contributed by atoms with Gasteiger partial charge in [0.1, 0.15) is 12.1 Å². The Labute approximate surface area is 208 Å². The molecule has 11 nitrogen and oxygen atoms in total. The average molecular weight is 489 g/mol. The molecule has 11 heteroatoms. The highest BCUT2D eigenvalue weighted by Crippen LogP contribution is 2.29. The number of likely N-dealkylation sites (N-methyl/N-ethyl adjacent to an activating group) is 1. The maximum atomic E-state index is 13.4. The molecule has 1 aromatic carbocycles. The van der Waals surface area contributed by atoms with E-state index in [1.165, 1.54) is 17.3 Å². The summed E-state index contributed by atoms with van der Waals surface area (Å²) in [6, 6.07) is 5.13. The number of likely N-dealkylation sites (tertiary alicyclic amines) is 1. The van der Waals surface area contributed by atoms with Crippen LogP contribution in [-0.4, -0.2) is 74.5 Å². The molecule has 3 N–H and O–H groups in total. The summed E-state index contributed by atoms with van der Waals surface area (Å²) in [7, 11) is 3.40. The van der Waals surface area contributed by atoms with E-state index < -0.39 is 5.91 Å². The van der Waals surface area contributed by atoms with Gasteiger partial charge in [-0.05, 0) is 35.8 Å². The molecule has 0 aliphatic carbocycles. The molecule has 1 atom stereocenters. The van der Waals surface area contributed by atoms with Crippen LogP contribution in [0.5, 0.6) is 0 Å². The number of hydrogen-bond donors (Lipinski definition) is 2. The highest BCUT2D eigenvalue weighted by molar-refractivity contribution is 6.13. The summed E-state index contributed by atoms with van der Waals surface area (Å²) in [5.41, 5.74) is 8.61. The van der Waals surface area contributed by atoms with Gasteiger partial charge in [-0.3, -0.25) is 14.4 Å². The Hall–Kier alpha value is -4.54. The third-order valence-electron chi connectivity index (χ3n) is 6.17. The van der Waals surface area contributed by atoms with Crippen molar-refractivity contribution in [2.75, 3.05) is 38.2 Å². The van der Waals surface area contributed by atoms with E-state index in [9.17, 15) is 14.4 Å². The van der Waals surface area contributed by atoms with E-state index in [0.29, 0.717) is 41.8 Å². The number of fused-ring (bicyclic) bond motifs is 1. The SMILES string of the molecule is C=CC(=O)N1CCC(n2nc(C(=O)Nc3ccc(CC(=O)N(C)C)cc3C=C)c3c(N)ncnc32)C1. The van der Waals surface area contributed by atoms with Gasteiger partial charge in [0.05, 0.1) is 17.8 Å². The zero-order chi connectivity index (χ0) is 26.0. The van der Waals surface area contributed by atoms with Crippen LogP contribution in [0.1, 0.15) is 34.1 Å². The Balaban J connectivity index is 1.65. The summed E-state index contributed by atoms with van der Waals surface area (Å²) in [5.74, 6) is -0.546. The van der Waals surface area contributed by atoms with Gasteiger partial charge < -0.3 is 20.9 Å². The van der Waals surface area contributed by atoms with Crippen LogP contribution >= 0.6 is 0 Å². The molecule has 1 aliphatic heterocycles. The predicted molar refractivity (Wildman–Crippen MR) is 137 cm³/mol. The Morgan fingerprint density at radius 2 is 2.03 bits per heavy atom. The van der Waals surface area contributed by atoms with Gasteiger partial charge in [-0.2, -0.15) is 5.10 Å². The Kier molecular flexibility index (Phi) is 6.82. The normalized spacial score (nSPS) is 15.1. The highest BCUT2D eigenvalue weighted by atomic mass is 16.2. The predicted octanol–water partition coefficient (Wildman–Crippen LogP) is 1.89. The van der Waals surface area contributed by atoms with Crippen LogP contribution in [0.3, 0.4) is 0 Å². The fourth-order valence-electron chi connectivity index (χ4n) is 4.20. The molecule has 3 amide bonds. The second-order valence-electron chi connectivity index (χ2n) is 8.73. The van der Waals surface area contributed by atoms with Crippen LogP contribution in [0.4, 0.5) is 11.5 Å². The number of amides is 3. The smallest absolute Gasteiger partial charge is 0.277 e. The maximum absolute atomic E-state index is 13.4. The fraction of sp³-hybridized carbons (Fsp3) is 0.280. The lowest BCUT2D eigenvalue weighted by molar-refractivity contribution is -0.128. The monoisotopic (exact) mass is 488 g/mol. The number of benzene rings is 1. The van der Waals surface area contributed by atoms with E-state index in [1.807, 2.05) is 6.07 Å². The number of aromatic nitrogens is 4. The van der Waals surface area contributed by atoms with E-state index in [0.717, 1.165) is 5.56 Å². The molecule has 1 saturated heterocycles. The Morgan fingerprint density at radius 1 is 1.25 bits per heavy atom. The molecule has 4 rings (SSSR count). The average Bonchev–Trinajstić information content (AvgIpc) is 3.50. The summed E-state index contributed by atoms with van der Waals surface area (Å²) in [5, 5.41) is 7.78. The van der Waals surface area contributed by atoms with Crippen molar-refractivity contribution in [1.29, 1.82) is 0 Å². The fourth-order valence-corrected chi connectivity index (χ4v) is 4.20. The van der Waals surface area contributed by atoms with Gasteiger partial charge in [0.15, 0.2) is 11.3 Å². The van der Waals surface area contributed by atoms with Gasteiger partial charge in [-0.15, -0.1) is 0 Å². The molecule has 0 spiro atoms. The Morgan fingerprint density at radius 3 is 2.72 bits per heavy atom. The number of nitrogens with one attached hydrogen (secondary N) is 1. The van der Waals surface area contributed by atoms with Gasteiger partial charge in [-0.25, -0.2) is 14.6 Å². The largest absolute Gasteiger partial charge is 0.383 e. The quantitative estimate of drug-likeness (QED) is 0.484. The third-order valence-corrected chi connectivity index (χ3v) is 6.17. The van der Waals surface area contributed by atoms with Crippen molar-refractivity contribution in [2.24, 2.45) is 0 Å². The molecule has 1 unspecified atom stereocenters. The molecule has 2 aromatic heterocycles. The first kappa shape index (κ1) is 24.6. The number of nitrogen functional groups attached to an aromatic ring is 1. The molecule has 1 aliphatic rings. The minimum absolute atomic E-state index is 0.0328. The third kappa shape index (κ3) is 4.67. The van der Waals surface area contributed by atoms with E-state index in [2.05, 4.69) is 33.5 Å². The lowest BCUT2D eigenvalue weighted by Gasteiger charge is -2.14. The number of nitrogens with zero attached hydrogens (tertiary/aromatic N) is 6. The summed E-state index contributed by atoms with van der Waals surface area (Å²) in [4.78, 5) is 49.1. The van der Waals surface area contributed by atoms with Gasteiger partial charge >= 0.3 is 0 Å². The van der Waals surface area contributed by atoms with Crippen molar-refractivity contribution in [2.45, 2.75) is 18.9 Å². The van der Waals surface area contributed by atoms with Crippen molar-refractivity contribution in [1.82, 2.24) is 29.5 Å². The molecule has 1 fully saturated rings. The van der Waals surface area contributed by atoms with Crippen LogP contribution in [0.15, 0.2) is 43.8 Å². The number of anilines is 2. The number of carbonyl (C=O) groups excluding carboxylic acids is 3. The molecule has 36 heavy (non-hydrogen) atoms. The molecule has 3 heterocycles. The van der Waals surface area contributed by atoms with E-state index in [-0.39, 0.29) is 35.8 Å². The van der Waals surface area contributed by atoms with Crippen LogP contribution in [0, 0.1) is 0 Å². The molecular weight excluding hydrogens is 460 g/mol. The standard InChI is InChI=1S/C25H28N8O3/c1-5-16-11-15(12-20(35)31(3)4)7-8-18(16)29-25(36)22-21-23(26)27-14-28-24(21)33(30-22)17-9-10-32(13-17)19(34)6-2/h5-8,11,14,17H,1-2,9-10,12-13H2,3-4H3,(H,29,36)(H2,26,27,28). The van der Waals surface area contributed by atoms with Crippen LogP contribution < -0.4 is 11.1 Å². The first-order valence-corrected chi connectivity index (χ1v) is 11.4. The zero-order valence-electron chi connectivity index (χ0n) is 20.3. The van der Waals surface area contributed by atoms with Crippen LogP contribution in [0.25, 0.3) is 17.1 Å². The van der Waals surface area contributed by atoms with E-state index >= 15 is 0 Å². The highest BCUT2D eigenvalue weighted by Gasteiger charge is 2.31. The maximum Gasteiger partial charge on any atom is 0.277 e. The van der Waals surface area contributed by atoms with Gasteiger partial charge in [-0.1, -0.05) is 25.3 Å². The molecule has 0 radical (unpaired) electrons. The van der Waals surface area contributed by atoms with Crippen molar-refractivity contribution >= 4 is 46.3 Å². The summed E-state index contributed by atoms with van der Waals surface area (Å²) in [6.45, 7) is 8.34. The first-order valence-electron chi connectivity index (χ1n) is 11.4. The number of nitrogens with two attached hydrogens (primary N) is 1. The second kappa shape index (κ2) is 9.98. The van der Waals surface area contributed by atoms with Crippen molar-refractivity contribution in [3.8, 4) is 0 Å². The number of carbonyl (C=O) groups is 3. The molecular formula is C25H28N8O3. The minimum Gasteiger partial charge on any atom is -0.383 e. The van der Waals surface area contributed by atoms with Gasteiger partial charge in [0, 0.05) is 32.9 Å². The Bertz CT molecular complexity index is 1380. The molecule has 0 bridgehead atoms. The second-order valence-corrected chi connectivity index (χ2v) is 8.73.